The van der Waals surface area contributed by atoms with Crippen LogP contribution in [0, 0.1) is 5.21 Å². The van der Waals surface area contributed by atoms with Crippen molar-refractivity contribution in [2.24, 2.45) is 0 Å². The van der Waals surface area contributed by atoms with E-state index in [0.29, 0.717) is 5.02 Å². The van der Waals surface area contributed by atoms with Crippen LogP contribution in [0.25, 0.3) is 6.08 Å². The molecule has 0 aliphatic heterocycles. The van der Waals surface area contributed by atoms with Crippen molar-refractivity contribution < 1.29 is 24.8 Å². The average molecular weight is 416 g/mol. The summed E-state index contributed by atoms with van der Waals surface area (Å²) in [5, 5.41) is 21.0. The highest BCUT2D eigenvalue weighted by atomic mass is 35.5. The normalized spacial score (nSPS) is 12.1. The topological polar surface area (TPSA) is 91.1 Å². The number of quaternary nitrogens is 1. The van der Waals surface area contributed by atoms with Crippen LogP contribution in [-0.2, 0) is 0 Å². The fourth-order valence-corrected chi connectivity index (χ4v) is 3.12. The first-order valence-corrected chi connectivity index (χ1v) is 9.31. The summed E-state index contributed by atoms with van der Waals surface area (Å²) in [6.07, 6.45) is 3.06. The maximum absolute atomic E-state index is 12.6. The van der Waals surface area contributed by atoms with Gasteiger partial charge in [0, 0.05) is 22.0 Å². The van der Waals surface area contributed by atoms with Crippen LogP contribution in [0.5, 0.6) is 5.75 Å². The van der Waals surface area contributed by atoms with Crippen LogP contribution < -0.4 is 9.96 Å². The summed E-state index contributed by atoms with van der Waals surface area (Å²) in [7, 11) is 0. The molecule has 0 amide bonds. The molecule has 3 rings (SSSR count). The minimum Gasteiger partial charge on any atom is -0.595 e. The van der Waals surface area contributed by atoms with Crippen molar-refractivity contribution >= 4 is 46.5 Å². The molecule has 1 unspecified atom stereocenters. The van der Waals surface area contributed by atoms with Gasteiger partial charge in [-0.25, -0.2) is 10.0 Å². The molecule has 1 atom stereocenters. The molecule has 0 saturated heterocycles. The number of rotatable bonds is 6. The SMILES string of the molecule is O=C(Oc1ccc(Cl)cc1C(=O)C=Cc1cccs1)c1ccc([NH+]([O-])O)cc1. The summed E-state index contributed by atoms with van der Waals surface area (Å²) in [6.45, 7) is 0. The average Bonchev–Trinajstić information content (AvgIpc) is 3.21. The molecule has 1 aromatic heterocycles. The van der Waals surface area contributed by atoms with Gasteiger partial charge in [0.1, 0.15) is 5.75 Å². The minimum atomic E-state index is -1.09. The molecule has 8 heteroatoms. The van der Waals surface area contributed by atoms with Gasteiger partial charge < -0.3 is 9.94 Å². The first-order valence-electron chi connectivity index (χ1n) is 8.05. The summed E-state index contributed by atoms with van der Waals surface area (Å²) in [6, 6.07) is 13.4. The summed E-state index contributed by atoms with van der Waals surface area (Å²) >= 11 is 7.48. The highest BCUT2D eigenvalue weighted by Crippen LogP contribution is 2.25. The highest BCUT2D eigenvalue weighted by molar-refractivity contribution is 7.10. The van der Waals surface area contributed by atoms with Gasteiger partial charge in [-0.2, -0.15) is 5.23 Å². The number of nitrogens with one attached hydrogen (secondary N) is 1. The van der Waals surface area contributed by atoms with E-state index in [1.54, 1.807) is 6.08 Å². The second-order valence-electron chi connectivity index (χ2n) is 5.63. The third kappa shape index (κ3) is 4.92. The van der Waals surface area contributed by atoms with E-state index >= 15 is 0 Å². The number of esters is 1. The highest BCUT2D eigenvalue weighted by Gasteiger charge is 2.16. The van der Waals surface area contributed by atoms with Gasteiger partial charge in [-0.05, 0) is 53.9 Å². The van der Waals surface area contributed by atoms with Gasteiger partial charge >= 0.3 is 5.97 Å². The van der Waals surface area contributed by atoms with E-state index in [1.807, 2.05) is 17.5 Å². The molecule has 0 fully saturated rings. The summed E-state index contributed by atoms with van der Waals surface area (Å²) in [5.41, 5.74) is 0.362. The quantitative estimate of drug-likeness (QED) is 0.209. The number of hydrogen-bond donors (Lipinski definition) is 2. The molecule has 0 spiro atoms. The molecule has 1 heterocycles. The maximum atomic E-state index is 12.6. The van der Waals surface area contributed by atoms with E-state index in [4.69, 9.17) is 21.5 Å². The van der Waals surface area contributed by atoms with E-state index < -0.39 is 11.2 Å². The van der Waals surface area contributed by atoms with Crippen molar-refractivity contribution in [2.75, 3.05) is 0 Å². The standard InChI is InChI=1S/C20H14ClNO5S/c21-14-5-10-19(17(12-14)18(23)9-8-16-2-1-11-28-16)27-20(24)13-3-6-15(7-4-13)22(25)26/h1-12,22,25H. The van der Waals surface area contributed by atoms with Crippen molar-refractivity contribution in [2.45, 2.75) is 0 Å². The van der Waals surface area contributed by atoms with E-state index in [1.165, 1.54) is 59.9 Å². The lowest BCUT2D eigenvalue weighted by Gasteiger charge is -2.12. The number of ether oxygens (including phenoxy) is 1. The Hall–Kier alpha value is -2.81. The predicted octanol–water partition coefficient (Wildman–Crippen LogP) is 3.92. The lowest BCUT2D eigenvalue weighted by Crippen LogP contribution is -2.99. The lowest BCUT2D eigenvalue weighted by atomic mass is 10.1. The van der Waals surface area contributed by atoms with Crippen LogP contribution in [0.4, 0.5) is 5.69 Å². The van der Waals surface area contributed by atoms with Gasteiger partial charge in [-0.1, -0.05) is 17.7 Å². The summed E-state index contributed by atoms with van der Waals surface area (Å²) in [4.78, 5) is 25.8. The van der Waals surface area contributed by atoms with Crippen LogP contribution in [0.15, 0.2) is 66.1 Å². The number of carbonyl (C=O) groups excluding carboxylic acids is 2. The van der Waals surface area contributed by atoms with Crippen LogP contribution in [0.1, 0.15) is 25.6 Å². The molecule has 0 saturated carbocycles. The smallest absolute Gasteiger partial charge is 0.343 e. The van der Waals surface area contributed by atoms with E-state index in [-0.39, 0.29) is 28.3 Å². The number of allylic oxidation sites excluding steroid dienone is 1. The number of carbonyl (C=O) groups is 2. The Morgan fingerprint density at radius 2 is 1.89 bits per heavy atom. The van der Waals surface area contributed by atoms with Crippen LogP contribution in [-0.4, -0.2) is 17.0 Å². The molecule has 0 aliphatic carbocycles. The molecule has 0 aliphatic rings. The largest absolute Gasteiger partial charge is 0.595 e. The summed E-state index contributed by atoms with van der Waals surface area (Å²) < 4.78 is 5.35. The Balaban J connectivity index is 1.81. The molecular formula is C20H14ClNO5S. The van der Waals surface area contributed by atoms with Crippen molar-refractivity contribution in [3.8, 4) is 5.75 Å². The lowest BCUT2D eigenvalue weighted by molar-refractivity contribution is -0.991. The minimum absolute atomic E-state index is 0.0534. The van der Waals surface area contributed by atoms with Gasteiger partial charge in [0.2, 0.25) is 0 Å². The van der Waals surface area contributed by atoms with Crippen LogP contribution in [0.2, 0.25) is 5.02 Å². The van der Waals surface area contributed by atoms with Gasteiger partial charge in [0.25, 0.3) is 0 Å². The first kappa shape index (κ1) is 19.9. The molecular weight excluding hydrogens is 402 g/mol. The monoisotopic (exact) mass is 415 g/mol. The number of benzene rings is 2. The number of halogens is 1. The van der Waals surface area contributed by atoms with Crippen LogP contribution in [0.3, 0.4) is 0 Å². The Labute approximate surface area is 169 Å². The van der Waals surface area contributed by atoms with Crippen molar-refractivity contribution in [3.05, 3.63) is 92.3 Å². The maximum Gasteiger partial charge on any atom is 0.343 e. The van der Waals surface area contributed by atoms with Crippen LogP contribution >= 0.6 is 22.9 Å². The summed E-state index contributed by atoms with van der Waals surface area (Å²) in [5.74, 6) is -1.01. The second-order valence-corrected chi connectivity index (χ2v) is 7.04. The molecule has 142 valence electrons. The third-order valence-corrected chi connectivity index (χ3v) is 4.79. The fourth-order valence-electron chi connectivity index (χ4n) is 2.33. The Bertz CT molecular complexity index is 1010. The molecule has 0 bridgehead atoms. The van der Waals surface area contributed by atoms with Gasteiger partial charge in [-0.15, -0.1) is 11.3 Å². The van der Waals surface area contributed by atoms with E-state index in [9.17, 15) is 14.8 Å². The Morgan fingerprint density at radius 3 is 2.54 bits per heavy atom. The van der Waals surface area contributed by atoms with Crippen molar-refractivity contribution in [1.82, 2.24) is 0 Å². The predicted molar refractivity (Wildman–Crippen MR) is 106 cm³/mol. The molecule has 2 N–H and O–H groups in total. The molecule has 3 aromatic rings. The Morgan fingerprint density at radius 1 is 1.14 bits per heavy atom. The van der Waals surface area contributed by atoms with Gasteiger partial charge in [-0.3, -0.25) is 4.79 Å². The van der Waals surface area contributed by atoms with Crippen molar-refractivity contribution in [3.63, 3.8) is 0 Å². The zero-order valence-corrected chi connectivity index (χ0v) is 15.9. The fraction of sp³-hybridized carbons (Fsp3) is 0. The van der Waals surface area contributed by atoms with E-state index in [2.05, 4.69) is 0 Å². The first-order chi connectivity index (χ1) is 13.4. The number of ketones is 1. The zero-order valence-electron chi connectivity index (χ0n) is 14.3. The number of hydrogen-bond acceptors (Lipinski definition) is 6. The zero-order chi connectivity index (χ0) is 20.1. The second kappa shape index (κ2) is 8.92. The molecule has 0 radical (unpaired) electrons. The molecule has 2 aromatic carbocycles. The van der Waals surface area contributed by atoms with E-state index in [0.717, 1.165) is 4.88 Å². The Kier molecular flexibility index (Phi) is 6.35. The molecule has 28 heavy (non-hydrogen) atoms. The van der Waals surface area contributed by atoms with Crippen molar-refractivity contribution in [1.29, 1.82) is 0 Å². The third-order valence-electron chi connectivity index (χ3n) is 3.72. The number of thiophene rings is 1. The van der Waals surface area contributed by atoms with Gasteiger partial charge in [0.05, 0.1) is 11.1 Å². The molecule has 6 nitrogen and oxygen atoms in total. The van der Waals surface area contributed by atoms with Gasteiger partial charge in [0.15, 0.2) is 11.5 Å².